The summed E-state index contributed by atoms with van der Waals surface area (Å²) >= 11 is 0. The summed E-state index contributed by atoms with van der Waals surface area (Å²) in [5.74, 6) is 0. The third-order valence-electron chi connectivity index (χ3n) is 5.15. The standard InChI is InChI=1S/C23H20N6/c1-3-29-23(12-21(28-29)22-14-25-8-9-26-22)16-4-5-19-17(10-16)11-20(27-19)18-13-24-7-6-15(18)2/h4-14,27H,3H2,1-2H3. The first kappa shape index (κ1) is 17.3. The molecule has 0 saturated heterocycles. The smallest absolute Gasteiger partial charge is 0.113 e. The molecule has 0 aliphatic carbocycles. The normalized spacial score (nSPS) is 11.2. The summed E-state index contributed by atoms with van der Waals surface area (Å²) in [7, 11) is 0. The van der Waals surface area contributed by atoms with Crippen LogP contribution in [0.2, 0.25) is 0 Å². The predicted molar refractivity (Wildman–Crippen MR) is 114 cm³/mol. The molecular weight excluding hydrogens is 360 g/mol. The van der Waals surface area contributed by atoms with Crippen molar-refractivity contribution in [2.45, 2.75) is 20.4 Å². The van der Waals surface area contributed by atoms with Crippen molar-refractivity contribution in [3.63, 3.8) is 0 Å². The zero-order chi connectivity index (χ0) is 19.8. The van der Waals surface area contributed by atoms with Crippen LogP contribution in [0.4, 0.5) is 0 Å². The summed E-state index contributed by atoms with van der Waals surface area (Å²) in [4.78, 5) is 16.3. The number of nitrogens with one attached hydrogen (secondary N) is 1. The van der Waals surface area contributed by atoms with Crippen molar-refractivity contribution in [2.75, 3.05) is 0 Å². The summed E-state index contributed by atoms with van der Waals surface area (Å²) in [6, 6.07) is 12.7. The molecule has 1 aromatic carbocycles. The number of pyridine rings is 1. The number of hydrogen-bond acceptors (Lipinski definition) is 4. The van der Waals surface area contributed by atoms with E-state index in [-0.39, 0.29) is 0 Å². The highest BCUT2D eigenvalue weighted by Gasteiger charge is 2.13. The first-order valence-corrected chi connectivity index (χ1v) is 9.61. The first-order chi connectivity index (χ1) is 14.2. The molecule has 1 N–H and O–H groups in total. The number of aromatic amines is 1. The second kappa shape index (κ2) is 6.98. The minimum absolute atomic E-state index is 0.776. The Morgan fingerprint density at radius 1 is 0.931 bits per heavy atom. The Morgan fingerprint density at radius 2 is 1.83 bits per heavy atom. The minimum Gasteiger partial charge on any atom is -0.354 e. The van der Waals surface area contributed by atoms with Gasteiger partial charge in [0.15, 0.2) is 0 Å². The molecule has 0 fully saturated rings. The number of hydrogen-bond donors (Lipinski definition) is 1. The summed E-state index contributed by atoms with van der Waals surface area (Å²) in [6.07, 6.45) is 8.82. The van der Waals surface area contributed by atoms with Crippen LogP contribution in [0.1, 0.15) is 12.5 Å². The third-order valence-corrected chi connectivity index (χ3v) is 5.15. The van der Waals surface area contributed by atoms with Gasteiger partial charge < -0.3 is 4.98 Å². The molecule has 0 spiro atoms. The van der Waals surface area contributed by atoms with Crippen LogP contribution in [0, 0.1) is 6.92 Å². The van der Waals surface area contributed by atoms with E-state index >= 15 is 0 Å². The molecule has 5 rings (SSSR count). The molecule has 6 heteroatoms. The largest absolute Gasteiger partial charge is 0.354 e. The van der Waals surface area contributed by atoms with Gasteiger partial charge in [-0.2, -0.15) is 5.10 Å². The number of nitrogens with zero attached hydrogens (tertiary/aromatic N) is 5. The SMILES string of the molecule is CCn1nc(-c2cnccn2)cc1-c1ccc2[nH]c(-c3cnccc3C)cc2c1. The number of aromatic nitrogens is 6. The third kappa shape index (κ3) is 3.08. The summed E-state index contributed by atoms with van der Waals surface area (Å²) in [5.41, 5.74) is 8.29. The Hall–Kier alpha value is -3.80. The highest BCUT2D eigenvalue weighted by Crippen LogP contribution is 2.31. The van der Waals surface area contributed by atoms with Gasteiger partial charge in [0.2, 0.25) is 0 Å². The Morgan fingerprint density at radius 3 is 2.62 bits per heavy atom. The molecule has 4 heterocycles. The van der Waals surface area contributed by atoms with E-state index in [9.17, 15) is 0 Å². The van der Waals surface area contributed by atoms with E-state index in [2.05, 4.69) is 64.1 Å². The maximum absolute atomic E-state index is 4.72. The van der Waals surface area contributed by atoms with E-state index in [0.29, 0.717) is 0 Å². The monoisotopic (exact) mass is 380 g/mol. The molecular formula is C23H20N6. The van der Waals surface area contributed by atoms with Gasteiger partial charge in [-0.15, -0.1) is 0 Å². The molecule has 142 valence electrons. The Balaban J connectivity index is 1.59. The number of rotatable bonds is 4. The van der Waals surface area contributed by atoms with E-state index in [1.165, 1.54) is 5.56 Å². The van der Waals surface area contributed by atoms with Gasteiger partial charge in [-0.1, -0.05) is 6.07 Å². The summed E-state index contributed by atoms with van der Waals surface area (Å²) in [5, 5.41) is 5.88. The van der Waals surface area contributed by atoms with Crippen molar-refractivity contribution in [3.05, 3.63) is 72.9 Å². The molecule has 4 aromatic heterocycles. The predicted octanol–water partition coefficient (Wildman–Crippen LogP) is 4.88. The van der Waals surface area contributed by atoms with Crippen molar-refractivity contribution in [1.82, 2.24) is 29.7 Å². The number of benzene rings is 1. The number of fused-ring (bicyclic) bond motifs is 1. The van der Waals surface area contributed by atoms with E-state index in [0.717, 1.165) is 51.4 Å². The van der Waals surface area contributed by atoms with Crippen LogP contribution < -0.4 is 0 Å². The van der Waals surface area contributed by atoms with Crippen molar-refractivity contribution in [1.29, 1.82) is 0 Å². The van der Waals surface area contributed by atoms with Gasteiger partial charge in [0.1, 0.15) is 11.4 Å². The molecule has 0 radical (unpaired) electrons. The maximum atomic E-state index is 4.72. The fourth-order valence-corrected chi connectivity index (χ4v) is 3.63. The number of aryl methyl sites for hydroxylation is 2. The van der Waals surface area contributed by atoms with Crippen molar-refractivity contribution in [3.8, 4) is 33.9 Å². The molecule has 0 aliphatic rings. The topological polar surface area (TPSA) is 72.3 Å². The quantitative estimate of drug-likeness (QED) is 0.482. The van der Waals surface area contributed by atoms with Crippen LogP contribution in [-0.2, 0) is 6.54 Å². The van der Waals surface area contributed by atoms with E-state index in [1.54, 1.807) is 18.6 Å². The molecule has 5 aromatic rings. The van der Waals surface area contributed by atoms with Crippen molar-refractivity contribution < 1.29 is 0 Å². The zero-order valence-electron chi connectivity index (χ0n) is 16.3. The average Bonchev–Trinajstić information content (AvgIpc) is 3.38. The molecule has 0 unspecified atom stereocenters. The zero-order valence-corrected chi connectivity index (χ0v) is 16.3. The fraction of sp³-hybridized carbons (Fsp3) is 0.130. The molecule has 0 aliphatic heterocycles. The molecule has 6 nitrogen and oxygen atoms in total. The van der Waals surface area contributed by atoms with Gasteiger partial charge in [-0.3, -0.25) is 19.6 Å². The van der Waals surface area contributed by atoms with Gasteiger partial charge in [0, 0.05) is 59.1 Å². The van der Waals surface area contributed by atoms with Gasteiger partial charge >= 0.3 is 0 Å². The molecule has 0 saturated carbocycles. The summed E-state index contributed by atoms with van der Waals surface area (Å²) in [6.45, 7) is 4.97. The molecule has 29 heavy (non-hydrogen) atoms. The lowest BCUT2D eigenvalue weighted by molar-refractivity contribution is 0.669. The molecule has 0 amide bonds. The highest BCUT2D eigenvalue weighted by atomic mass is 15.3. The lowest BCUT2D eigenvalue weighted by atomic mass is 10.1. The van der Waals surface area contributed by atoms with E-state index < -0.39 is 0 Å². The number of H-pyrrole nitrogens is 1. The van der Waals surface area contributed by atoms with Gasteiger partial charge in [-0.05, 0) is 49.7 Å². The van der Waals surface area contributed by atoms with E-state index in [1.807, 2.05) is 23.1 Å². The Bertz CT molecular complexity index is 1300. The van der Waals surface area contributed by atoms with Crippen LogP contribution in [0.25, 0.3) is 44.8 Å². The highest BCUT2D eigenvalue weighted by molar-refractivity contribution is 5.89. The van der Waals surface area contributed by atoms with Crippen LogP contribution in [0.5, 0.6) is 0 Å². The van der Waals surface area contributed by atoms with Gasteiger partial charge in [0.25, 0.3) is 0 Å². The van der Waals surface area contributed by atoms with E-state index in [4.69, 9.17) is 5.10 Å². The van der Waals surface area contributed by atoms with Gasteiger partial charge in [0.05, 0.1) is 11.9 Å². The second-order valence-electron chi connectivity index (χ2n) is 7.00. The van der Waals surface area contributed by atoms with Crippen LogP contribution in [0.15, 0.2) is 67.4 Å². The fourth-order valence-electron chi connectivity index (χ4n) is 3.63. The lowest BCUT2D eigenvalue weighted by Gasteiger charge is -2.04. The summed E-state index contributed by atoms with van der Waals surface area (Å²) < 4.78 is 2.00. The maximum Gasteiger partial charge on any atom is 0.113 e. The lowest BCUT2D eigenvalue weighted by Crippen LogP contribution is -1.99. The van der Waals surface area contributed by atoms with Crippen LogP contribution >= 0.6 is 0 Å². The van der Waals surface area contributed by atoms with Gasteiger partial charge in [-0.25, -0.2) is 0 Å². The second-order valence-corrected chi connectivity index (χ2v) is 7.00. The average molecular weight is 380 g/mol. The molecule has 0 atom stereocenters. The first-order valence-electron chi connectivity index (χ1n) is 9.61. The molecule has 0 bridgehead atoms. The Labute approximate surface area is 168 Å². The Kier molecular flexibility index (Phi) is 4.17. The van der Waals surface area contributed by atoms with Crippen LogP contribution in [0.3, 0.4) is 0 Å². The van der Waals surface area contributed by atoms with Crippen LogP contribution in [-0.4, -0.2) is 29.7 Å². The van der Waals surface area contributed by atoms with Crippen molar-refractivity contribution >= 4 is 10.9 Å². The minimum atomic E-state index is 0.776. The van der Waals surface area contributed by atoms with Crippen molar-refractivity contribution in [2.24, 2.45) is 0 Å².